The highest BCUT2D eigenvalue weighted by Gasteiger charge is 2.00. The predicted molar refractivity (Wildman–Crippen MR) is 63.2 cm³/mol. The van der Waals surface area contributed by atoms with Gasteiger partial charge in [-0.3, -0.25) is 0 Å². The van der Waals surface area contributed by atoms with E-state index in [0.717, 1.165) is 6.42 Å². The maximum Gasteiger partial charge on any atom is 0.129 e. The average Bonchev–Trinajstić information content (AvgIpc) is 2.22. The Morgan fingerprint density at radius 2 is 2.00 bits per heavy atom. The third-order valence-electron chi connectivity index (χ3n) is 2.45. The maximum atomic E-state index is 5.84. The summed E-state index contributed by atoms with van der Waals surface area (Å²) in [5.74, 6) is 0. The molecule has 0 saturated heterocycles. The van der Waals surface area contributed by atoms with E-state index in [1.54, 1.807) is 6.20 Å². The molecule has 0 bridgehead atoms. The summed E-state index contributed by atoms with van der Waals surface area (Å²) in [6, 6.07) is 12.3. The highest BCUT2D eigenvalue weighted by Crippen LogP contribution is 2.15. The first-order chi connectivity index (χ1) is 7.25. The molecule has 0 aliphatic rings. The minimum absolute atomic E-state index is 0.557. The Morgan fingerprint density at radius 3 is 2.73 bits per heavy atom. The van der Waals surface area contributed by atoms with Gasteiger partial charge < -0.3 is 0 Å². The molecule has 2 aromatic rings. The molecule has 0 N–H and O–H groups in total. The molecule has 0 atom stereocenters. The number of halogens is 1. The number of hydrogen-bond acceptors (Lipinski definition) is 1. The number of rotatable bonds is 2. The predicted octanol–water partition coefficient (Wildman–Crippen LogP) is 3.63. The standard InChI is InChI=1S/C13H12ClN/c1-10-4-2-3-5-12(10)8-11-6-7-15-13(14)9-11/h2-7,9H,8H2,1H3. The lowest BCUT2D eigenvalue weighted by Crippen LogP contribution is -1.91. The highest BCUT2D eigenvalue weighted by molar-refractivity contribution is 6.29. The van der Waals surface area contributed by atoms with Crippen LogP contribution in [-0.2, 0) is 6.42 Å². The molecule has 1 nitrogen and oxygen atoms in total. The van der Waals surface area contributed by atoms with E-state index in [4.69, 9.17) is 11.6 Å². The van der Waals surface area contributed by atoms with Crippen LogP contribution >= 0.6 is 11.6 Å². The van der Waals surface area contributed by atoms with Crippen LogP contribution in [0.4, 0.5) is 0 Å². The Hall–Kier alpha value is -1.34. The summed E-state index contributed by atoms with van der Waals surface area (Å²) in [6.07, 6.45) is 2.66. The van der Waals surface area contributed by atoms with Crippen molar-refractivity contribution in [1.82, 2.24) is 4.98 Å². The van der Waals surface area contributed by atoms with Crippen LogP contribution in [0.5, 0.6) is 0 Å². The fourth-order valence-electron chi connectivity index (χ4n) is 1.58. The monoisotopic (exact) mass is 217 g/mol. The Balaban J connectivity index is 2.26. The van der Waals surface area contributed by atoms with E-state index in [9.17, 15) is 0 Å². The molecule has 0 aliphatic heterocycles. The van der Waals surface area contributed by atoms with Crippen molar-refractivity contribution in [3.63, 3.8) is 0 Å². The largest absolute Gasteiger partial charge is 0.245 e. The van der Waals surface area contributed by atoms with Crippen molar-refractivity contribution in [2.45, 2.75) is 13.3 Å². The Kier molecular flexibility index (Phi) is 3.02. The van der Waals surface area contributed by atoms with Gasteiger partial charge in [0.05, 0.1) is 0 Å². The van der Waals surface area contributed by atoms with Crippen LogP contribution in [0.3, 0.4) is 0 Å². The molecule has 0 fully saturated rings. The summed E-state index contributed by atoms with van der Waals surface area (Å²) >= 11 is 5.84. The number of nitrogens with zero attached hydrogens (tertiary/aromatic N) is 1. The van der Waals surface area contributed by atoms with E-state index >= 15 is 0 Å². The van der Waals surface area contributed by atoms with Gasteiger partial charge in [-0.1, -0.05) is 35.9 Å². The number of pyridine rings is 1. The van der Waals surface area contributed by atoms with Gasteiger partial charge in [-0.05, 0) is 42.2 Å². The van der Waals surface area contributed by atoms with E-state index in [2.05, 4.69) is 36.2 Å². The van der Waals surface area contributed by atoms with Crippen LogP contribution in [-0.4, -0.2) is 4.98 Å². The third kappa shape index (κ3) is 2.57. The van der Waals surface area contributed by atoms with Gasteiger partial charge in [-0.25, -0.2) is 4.98 Å². The van der Waals surface area contributed by atoms with Crippen LogP contribution in [0, 0.1) is 6.92 Å². The van der Waals surface area contributed by atoms with Crippen molar-refractivity contribution in [1.29, 1.82) is 0 Å². The van der Waals surface area contributed by atoms with Crippen LogP contribution < -0.4 is 0 Å². The molecule has 76 valence electrons. The number of aryl methyl sites for hydroxylation is 1. The second kappa shape index (κ2) is 4.45. The molecule has 0 unspecified atom stereocenters. The van der Waals surface area contributed by atoms with Crippen LogP contribution in [0.15, 0.2) is 42.6 Å². The molecule has 2 rings (SSSR count). The van der Waals surface area contributed by atoms with Crippen molar-refractivity contribution >= 4 is 11.6 Å². The van der Waals surface area contributed by atoms with Gasteiger partial charge in [0.1, 0.15) is 5.15 Å². The summed E-state index contributed by atoms with van der Waals surface area (Å²) in [6.45, 7) is 2.12. The van der Waals surface area contributed by atoms with E-state index in [0.29, 0.717) is 5.15 Å². The molecule has 0 spiro atoms. The lowest BCUT2D eigenvalue weighted by molar-refractivity contribution is 1.14. The summed E-state index contributed by atoms with van der Waals surface area (Å²) in [5.41, 5.74) is 3.84. The molecule has 0 saturated carbocycles. The van der Waals surface area contributed by atoms with Crippen LogP contribution in [0.2, 0.25) is 5.15 Å². The Morgan fingerprint density at radius 1 is 1.20 bits per heavy atom. The van der Waals surface area contributed by atoms with Gasteiger partial charge >= 0.3 is 0 Å². The average molecular weight is 218 g/mol. The lowest BCUT2D eigenvalue weighted by Gasteiger charge is -2.05. The second-order valence-electron chi connectivity index (χ2n) is 3.59. The smallest absolute Gasteiger partial charge is 0.129 e. The van der Waals surface area contributed by atoms with Crippen molar-refractivity contribution < 1.29 is 0 Å². The second-order valence-corrected chi connectivity index (χ2v) is 3.98. The zero-order chi connectivity index (χ0) is 10.7. The van der Waals surface area contributed by atoms with Crippen molar-refractivity contribution in [2.24, 2.45) is 0 Å². The van der Waals surface area contributed by atoms with Gasteiger partial charge in [0.15, 0.2) is 0 Å². The minimum Gasteiger partial charge on any atom is -0.245 e. The Bertz CT molecular complexity index is 466. The molecule has 1 aromatic heterocycles. The molecule has 1 aromatic carbocycles. The molecule has 2 heteroatoms. The van der Waals surface area contributed by atoms with Gasteiger partial charge in [0.25, 0.3) is 0 Å². The SMILES string of the molecule is Cc1ccccc1Cc1ccnc(Cl)c1. The van der Waals surface area contributed by atoms with Crippen LogP contribution in [0.25, 0.3) is 0 Å². The zero-order valence-electron chi connectivity index (χ0n) is 8.57. The molecular formula is C13H12ClN. The Labute approximate surface area is 94.7 Å². The summed E-state index contributed by atoms with van der Waals surface area (Å²) in [4.78, 5) is 3.97. The minimum atomic E-state index is 0.557. The number of benzene rings is 1. The van der Waals surface area contributed by atoms with Gasteiger partial charge in [0, 0.05) is 6.20 Å². The first-order valence-electron chi connectivity index (χ1n) is 4.90. The fraction of sp³-hybridized carbons (Fsp3) is 0.154. The maximum absolute atomic E-state index is 5.84. The van der Waals surface area contributed by atoms with Gasteiger partial charge in [-0.2, -0.15) is 0 Å². The molecule has 1 heterocycles. The lowest BCUT2D eigenvalue weighted by atomic mass is 10.0. The summed E-state index contributed by atoms with van der Waals surface area (Å²) in [5, 5.41) is 0.557. The molecular weight excluding hydrogens is 206 g/mol. The van der Waals surface area contributed by atoms with Crippen molar-refractivity contribution in [3.8, 4) is 0 Å². The third-order valence-corrected chi connectivity index (χ3v) is 2.65. The van der Waals surface area contributed by atoms with Gasteiger partial charge in [0.2, 0.25) is 0 Å². The summed E-state index contributed by atoms with van der Waals surface area (Å²) in [7, 11) is 0. The van der Waals surface area contributed by atoms with Crippen molar-refractivity contribution in [3.05, 3.63) is 64.4 Å². The quantitative estimate of drug-likeness (QED) is 0.700. The molecule has 0 radical (unpaired) electrons. The summed E-state index contributed by atoms with van der Waals surface area (Å²) < 4.78 is 0. The van der Waals surface area contributed by atoms with E-state index in [1.807, 2.05) is 12.1 Å². The zero-order valence-corrected chi connectivity index (χ0v) is 9.33. The van der Waals surface area contributed by atoms with E-state index in [1.165, 1.54) is 16.7 Å². The molecule has 0 aliphatic carbocycles. The van der Waals surface area contributed by atoms with Gasteiger partial charge in [-0.15, -0.1) is 0 Å². The normalized spacial score (nSPS) is 10.3. The number of hydrogen-bond donors (Lipinski definition) is 0. The van der Waals surface area contributed by atoms with E-state index in [-0.39, 0.29) is 0 Å². The fourth-order valence-corrected chi connectivity index (χ4v) is 1.78. The van der Waals surface area contributed by atoms with Crippen LogP contribution in [0.1, 0.15) is 16.7 Å². The van der Waals surface area contributed by atoms with Crippen molar-refractivity contribution in [2.75, 3.05) is 0 Å². The first-order valence-corrected chi connectivity index (χ1v) is 5.28. The molecule has 0 amide bonds. The highest BCUT2D eigenvalue weighted by atomic mass is 35.5. The number of aromatic nitrogens is 1. The van der Waals surface area contributed by atoms with E-state index < -0.39 is 0 Å². The first kappa shape index (κ1) is 10.2. The topological polar surface area (TPSA) is 12.9 Å². The molecule has 15 heavy (non-hydrogen) atoms.